The van der Waals surface area contributed by atoms with Gasteiger partial charge in [0.1, 0.15) is 5.75 Å². The summed E-state index contributed by atoms with van der Waals surface area (Å²) < 4.78 is 11.4. The zero-order valence-corrected chi connectivity index (χ0v) is 13.6. The molecule has 2 nitrogen and oxygen atoms in total. The summed E-state index contributed by atoms with van der Waals surface area (Å²) in [5, 5.41) is 2.46. The molecule has 0 unspecified atom stereocenters. The van der Waals surface area contributed by atoms with E-state index in [9.17, 15) is 0 Å². The van der Waals surface area contributed by atoms with Crippen molar-refractivity contribution in [2.45, 2.75) is 11.8 Å². The van der Waals surface area contributed by atoms with Crippen LogP contribution in [0.4, 0.5) is 0 Å². The minimum absolute atomic E-state index is 0.0550. The molecular formula is C22H20O2. The zero-order valence-electron chi connectivity index (χ0n) is 13.6. The first-order chi connectivity index (χ1) is 11.8. The van der Waals surface area contributed by atoms with E-state index in [1.54, 1.807) is 0 Å². The molecule has 3 aromatic carbocycles. The van der Waals surface area contributed by atoms with Crippen LogP contribution in [0.2, 0.25) is 0 Å². The molecule has 1 fully saturated rings. The van der Waals surface area contributed by atoms with Gasteiger partial charge in [-0.15, -0.1) is 0 Å². The van der Waals surface area contributed by atoms with Crippen molar-refractivity contribution in [3.8, 4) is 5.75 Å². The van der Waals surface area contributed by atoms with Gasteiger partial charge in [-0.05, 0) is 28.8 Å². The van der Waals surface area contributed by atoms with Crippen LogP contribution in [0, 0.1) is 0 Å². The molecular weight excluding hydrogens is 296 g/mol. The number of hydrogen-bond acceptors (Lipinski definition) is 2. The van der Waals surface area contributed by atoms with Gasteiger partial charge in [0.2, 0.25) is 0 Å². The molecule has 1 aliphatic rings. The van der Waals surface area contributed by atoms with E-state index in [2.05, 4.69) is 67.2 Å². The molecule has 0 bridgehead atoms. The molecule has 0 saturated carbocycles. The van der Waals surface area contributed by atoms with Gasteiger partial charge < -0.3 is 9.47 Å². The zero-order chi connectivity index (χ0) is 16.4. The highest BCUT2D eigenvalue weighted by Crippen LogP contribution is 2.44. The normalized spacial score (nSPS) is 15.7. The van der Waals surface area contributed by atoms with Crippen molar-refractivity contribution >= 4 is 10.8 Å². The van der Waals surface area contributed by atoms with Gasteiger partial charge in [0.05, 0.1) is 24.9 Å². The Labute approximate surface area is 142 Å². The first kappa shape index (κ1) is 15.0. The fraction of sp³-hybridized carbons (Fsp3) is 0.182. The quantitative estimate of drug-likeness (QED) is 0.625. The third-order valence-corrected chi connectivity index (χ3v) is 4.77. The van der Waals surface area contributed by atoms with Crippen LogP contribution in [0.5, 0.6) is 5.75 Å². The number of ether oxygens (including phenoxy) is 2. The second kappa shape index (κ2) is 6.14. The molecule has 1 aliphatic heterocycles. The maximum atomic E-state index is 5.77. The first-order valence-electron chi connectivity index (χ1n) is 8.24. The number of rotatable bonds is 5. The fourth-order valence-corrected chi connectivity index (χ4v) is 3.66. The maximum absolute atomic E-state index is 5.77. The fourth-order valence-electron chi connectivity index (χ4n) is 3.66. The Hall–Kier alpha value is -2.58. The minimum Gasteiger partial charge on any atom is -0.465 e. The van der Waals surface area contributed by atoms with Gasteiger partial charge in [-0.1, -0.05) is 67.2 Å². The van der Waals surface area contributed by atoms with Gasteiger partial charge in [-0.2, -0.15) is 0 Å². The van der Waals surface area contributed by atoms with E-state index in [0.29, 0.717) is 13.2 Å². The molecule has 0 spiro atoms. The van der Waals surface area contributed by atoms with Crippen LogP contribution < -0.4 is 4.74 Å². The molecule has 120 valence electrons. The standard InChI is InChI=1S/C22H20O2/c1-2-24-20-13-12-18-10-6-7-11-19(18)21(20)22(15-23-16-22)14-17-8-4-3-5-9-17/h2-13H,1,14-16H2. The van der Waals surface area contributed by atoms with E-state index in [1.807, 2.05) is 6.07 Å². The Morgan fingerprint density at radius 2 is 1.71 bits per heavy atom. The number of fused-ring (bicyclic) bond motifs is 1. The van der Waals surface area contributed by atoms with Gasteiger partial charge in [0.25, 0.3) is 0 Å². The maximum Gasteiger partial charge on any atom is 0.131 e. The predicted octanol–water partition coefficient (Wildman–Crippen LogP) is 4.87. The average Bonchev–Trinajstić information content (AvgIpc) is 2.60. The summed E-state index contributed by atoms with van der Waals surface area (Å²) in [4.78, 5) is 0. The Morgan fingerprint density at radius 3 is 2.42 bits per heavy atom. The largest absolute Gasteiger partial charge is 0.465 e. The van der Waals surface area contributed by atoms with Crippen LogP contribution in [0.3, 0.4) is 0 Å². The van der Waals surface area contributed by atoms with Crippen molar-refractivity contribution in [1.29, 1.82) is 0 Å². The van der Waals surface area contributed by atoms with E-state index in [0.717, 1.165) is 12.2 Å². The first-order valence-corrected chi connectivity index (χ1v) is 8.24. The summed E-state index contributed by atoms with van der Waals surface area (Å²) in [7, 11) is 0. The van der Waals surface area contributed by atoms with Gasteiger partial charge in [0, 0.05) is 5.56 Å². The second-order valence-corrected chi connectivity index (χ2v) is 6.38. The lowest BCUT2D eigenvalue weighted by molar-refractivity contribution is -0.0599. The van der Waals surface area contributed by atoms with Gasteiger partial charge >= 0.3 is 0 Å². The van der Waals surface area contributed by atoms with E-state index < -0.39 is 0 Å². The smallest absolute Gasteiger partial charge is 0.131 e. The van der Waals surface area contributed by atoms with E-state index in [4.69, 9.17) is 9.47 Å². The summed E-state index contributed by atoms with van der Waals surface area (Å²) in [6.45, 7) is 5.16. The monoisotopic (exact) mass is 316 g/mol. The van der Waals surface area contributed by atoms with Crippen molar-refractivity contribution in [3.05, 3.63) is 90.7 Å². The van der Waals surface area contributed by atoms with Crippen LogP contribution in [-0.2, 0) is 16.6 Å². The van der Waals surface area contributed by atoms with Crippen molar-refractivity contribution in [1.82, 2.24) is 0 Å². The third kappa shape index (κ3) is 2.49. The van der Waals surface area contributed by atoms with E-state index in [1.165, 1.54) is 28.2 Å². The summed E-state index contributed by atoms with van der Waals surface area (Å²) in [6.07, 6.45) is 2.44. The average molecular weight is 316 g/mol. The number of benzene rings is 3. The van der Waals surface area contributed by atoms with Crippen LogP contribution >= 0.6 is 0 Å². The summed E-state index contributed by atoms with van der Waals surface area (Å²) in [5.74, 6) is 0.878. The molecule has 0 radical (unpaired) electrons. The lowest BCUT2D eigenvalue weighted by Crippen LogP contribution is -2.48. The summed E-state index contributed by atoms with van der Waals surface area (Å²) >= 11 is 0. The topological polar surface area (TPSA) is 18.5 Å². The molecule has 3 aromatic rings. The lowest BCUT2D eigenvalue weighted by atomic mass is 9.72. The molecule has 1 saturated heterocycles. The van der Waals surface area contributed by atoms with Crippen molar-refractivity contribution in [2.24, 2.45) is 0 Å². The van der Waals surface area contributed by atoms with Crippen LogP contribution in [-0.4, -0.2) is 13.2 Å². The molecule has 0 aliphatic carbocycles. The minimum atomic E-state index is -0.0550. The third-order valence-electron chi connectivity index (χ3n) is 4.77. The molecule has 0 N–H and O–H groups in total. The van der Waals surface area contributed by atoms with E-state index >= 15 is 0 Å². The van der Waals surface area contributed by atoms with Crippen molar-refractivity contribution < 1.29 is 9.47 Å². The second-order valence-electron chi connectivity index (χ2n) is 6.38. The van der Waals surface area contributed by atoms with E-state index in [-0.39, 0.29) is 5.41 Å². The van der Waals surface area contributed by atoms with Crippen LogP contribution in [0.15, 0.2) is 79.6 Å². The number of hydrogen-bond donors (Lipinski definition) is 0. The van der Waals surface area contributed by atoms with Crippen molar-refractivity contribution in [3.63, 3.8) is 0 Å². The molecule has 24 heavy (non-hydrogen) atoms. The summed E-state index contributed by atoms with van der Waals surface area (Å²) in [6, 6.07) is 23.2. The molecule has 4 rings (SSSR count). The molecule has 0 aromatic heterocycles. The Bertz CT molecular complexity index is 864. The molecule has 0 amide bonds. The van der Waals surface area contributed by atoms with Crippen molar-refractivity contribution in [2.75, 3.05) is 13.2 Å². The Balaban J connectivity index is 1.89. The molecule has 0 atom stereocenters. The predicted molar refractivity (Wildman–Crippen MR) is 97.4 cm³/mol. The van der Waals surface area contributed by atoms with Gasteiger partial charge in [-0.3, -0.25) is 0 Å². The Kier molecular flexibility index (Phi) is 3.83. The van der Waals surface area contributed by atoms with Gasteiger partial charge in [0.15, 0.2) is 0 Å². The van der Waals surface area contributed by atoms with Gasteiger partial charge in [-0.25, -0.2) is 0 Å². The SMILES string of the molecule is C=COc1ccc2ccccc2c1C1(Cc2ccccc2)COC1. The van der Waals surface area contributed by atoms with Crippen LogP contribution in [0.25, 0.3) is 10.8 Å². The molecule has 2 heteroatoms. The lowest BCUT2D eigenvalue weighted by Gasteiger charge is -2.43. The highest BCUT2D eigenvalue weighted by atomic mass is 16.5. The highest BCUT2D eigenvalue weighted by molar-refractivity contribution is 5.89. The Morgan fingerprint density at radius 1 is 0.958 bits per heavy atom. The molecule has 1 heterocycles. The van der Waals surface area contributed by atoms with Crippen LogP contribution in [0.1, 0.15) is 11.1 Å². The highest BCUT2D eigenvalue weighted by Gasteiger charge is 2.43. The summed E-state index contributed by atoms with van der Waals surface area (Å²) in [5.41, 5.74) is 2.49.